The van der Waals surface area contributed by atoms with E-state index in [9.17, 15) is 19.2 Å². The fraction of sp³-hybridized carbons (Fsp3) is 0.789. The van der Waals surface area contributed by atoms with Gasteiger partial charge in [-0.25, -0.2) is 0 Å². The number of hydrogen-bond acceptors (Lipinski definition) is 8. The fourth-order valence-corrected chi connectivity index (χ4v) is 3.21. The van der Waals surface area contributed by atoms with Gasteiger partial charge in [-0.1, -0.05) is 6.42 Å². The number of unbranched alkanes of at least 4 members (excludes halogenated alkanes) is 2. The average molecular weight is 463 g/mol. The van der Waals surface area contributed by atoms with Crippen LogP contribution in [0.25, 0.3) is 0 Å². The Bertz CT molecular complexity index is 566. The van der Waals surface area contributed by atoms with Crippen molar-refractivity contribution in [2.24, 2.45) is 17.2 Å². The molecule has 0 aromatic heterocycles. The normalized spacial score (nSPS) is 13.7. The number of carboxylic acids is 1. The van der Waals surface area contributed by atoms with Gasteiger partial charge in [0, 0.05) is 0 Å². The first-order valence-electron chi connectivity index (χ1n) is 10.5. The first kappa shape index (κ1) is 29.1. The first-order chi connectivity index (χ1) is 14.8. The van der Waals surface area contributed by atoms with E-state index in [-0.39, 0.29) is 0 Å². The van der Waals surface area contributed by atoms with Gasteiger partial charge in [-0.2, -0.15) is 11.8 Å². The van der Waals surface area contributed by atoms with Crippen LogP contribution in [0.4, 0.5) is 0 Å². The Balaban J connectivity index is 5.11. The predicted molar refractivity (Wildman–Crippen MR) is 121 cm³/mol. The highest BCUT2D eigenvalue weighted by atomic mass is 32.2. The molecule has 0 bridgehead atoms. The number of nitrogens with two attached hydrogens (primary N) is 3. The second-order valence-electron chi connectivity index (χ2n) is 7.19. The van der Waals surface area contributed by atoms with Crippen LogP contribution in [0.15, 0.2) is 0 Å². The molecule has 0 aromatic carbocycles. The monoisotopic (exact) mass is 462 g/mol. The van der Waals surface area contributed by atoms with E-state index >= 15 is 0 Å². The maximum atomic E-state index is 12.9. The van der Waals surface area contributed by atoms with Crippen LogP contribution < -0.4 is 33.2 Å². The van der Waals surface area contributed by atoms with E-state index in [1.807, 2.05) is 6.26 Å². The van der Waals surface area contributed by atoms with Crippen molar-refractivity contribution in [3.63, 3.8) is 0 Å². The van der Waals surface area contributed by atoms with Crippen molar-refractivity contribution >= 4 is 35.5 Å². The van der Waals surface area contributed by atoms with Crippen LogP contribution >= 0.6 is 11.8 Å². The van der Waals surface area contributed by atoms with Crippen LogP contribution in [0.1, 0.15) is 44.9 Å². The van der Waals surface area contributed by atoms with E-state index in [2.05, 4.69) is 16.0 Å². The number of amides is 3. The van der Waals surface area contributed by atoms with Crippen molar-refractivity contribution in [1.29, 1.82) is 0 Å². The number of rotatable bonds is 18. The number of hydrogen-bond donors (Lipinski definition) is 7. The molecule has 10 N–H and O–H groups in total. The van der Waals surface area contributed by atoms with Gasteiger partial charge < -0.3 is 38.3 Å². The number of thioether (sulfide) groups is 1. The average Bonchev–Trinajstić information content (AvgIpc) is 2.73. The summed E-state index contributed by atoms with van der Waals surface area (Å²) in [7, 11) is 0. The standard InChI is InChI=1S/C19H38N6O5S/c1-31-11-8-15(18(29)23-12-16(26)27)25-19(30)14(7-3-5-10-21)24-17(28)13(22)6-2-4-9-20/h13-15H,2-12,20-22H2,1H3,(H,23,29)(H,24,28)(H,25,30)(H,26,27). The fourth-order valence-electron chi connectivity index (χ4n) is 2.74. The van der Waals surface area contributed by atoms with Gasteiger partial charge in [-0.3, -0.25) is 19.2 Å². The second kappa shape index (κ2) is 17.8. The van der Waals surface area contributed by atoms with E-state index in [0.29, 0.717) is 57.4 Å². The Morgan fingerprint density at radius 3 is 1.94 bits per heavy atom. The number of nitrogens with one attached hydrogen (secondary N) is 3. The van der Waals surface area contributed by atoms with Crippen molar-refractivity contribution in [2.75, 3.05) is 31.6 Å². The van der Waals surface area contributed by atoms with Crippen LogP contribution in [0.5, 0.6) is 0 Å². The molecule has 0 aliphatic carbocycles. The largest absolute Gasteiger partial charge is 0.480 e. The lowest BCUT2D eigenvalue weighted by molar-refractivity contribution is -0.138. The molecule has 0 aromatic rings. The topological polar surface area (TPSA) is 203 Å². The molecule has 0 saturated heterocycles. The quantitative estimate of drug-likeness (QED) is 0.118. The van der Waals surface area contributed by atoms with Gasteiger partial charge in [0.25, 0.3) is 0 Å². The zero-order chi connectivity index (χ0) is 23.6. The van der Waals surface area contributed by atoms with E-state index < -0.39 is 48.4 Å². The molecule has 0 fully saturated rings. The van der Waals surface area contributed by atoms with Gasteiger partial charge >= 0.3 is 5.97 Å². The molecule has 11 nitrogen and oxygen atoms in total. The third kappa shape index (κ3) is 13.9. The lowest BCUT2D eigenvalue weighted by Crippen LogP contribution is -2.56. The Morgan fingerprint density at radius 2 is 1.39 bits per heavy atom. The van der Waals surface area contributed by atoms with Crippen LogP contribution in [-0.4, -0.2) is 78.6 Å². The highest BCUT2D eigenvalue weighted by Crippen LogP contribution is 2.06. The lowest BCUT2D eigenvalue weighted by atomic mass is 10.1. The predicted octanol–water partition coefficient (Wildman–Crippen LogP) is -1.50. The molecule has 0 radical (unpaired) electrons. The van der Waals surface area contributed by atoms with Gasteiger partial charge in [-0.05, 0) is 63.6 Å². The lowest BCUT2D eigenvalue weighted by Gasteiger charge is -2.24. The summed E-state index contributed by atoms with van der Waals surface area (Å²) in [6, 6.07) is -2.54. The summed E-state index contributed by atoms with van der Waals surface area (Å²) in [5.74, 6) is -2.15. The number of carboxylic acid groups (broad SMARTS) is 1. The molecule has 180 valence electrons. The molecular formula is C19H38N6O5S. The zero-order valence-electron chi connectivity index (χ0n) is 18.2. The SMILES string of the molecule is CSCCC(NC(=O)C(CCCCN)NC(=O)C(N)CCCCN)C(=O)NCC(=O)O. The molecule has 12 heteroatoms. The van der Waals surface area contributed by atoms with Gasteiger partial charge in [0.1, 0.15) is 18.6 Å². The zero-order valence-corrected chi connectivity index (χ0v) is 19.0. The summed E-state index contributed by atoms with van der Waals surface area (Å²) in [4.78, 5) is 48.3. The Morgan fingerprint density at radius 1 is 0.839 bits per heavy atom. The van der Waals surface area contributed by atoms with Crippen molar-refractivity contribution < 1.29 is 24.3 Å². The summed E-state index contributed by atoms with van der Waals surface area (Å²) in [5.41, 5.74) is 16.9. The van der Waals surface area contributed by atoms with Gasteiger partial charge in [-0.15, -0.1) is 0 Å². The minimum Gasteiger partial charge on any atom is -0.480 e. The summed E-state index contributed by atoms with van der Waals surface area (Å²) in [6.07, 6.45) is 5.72. The van der Waals surface area contributed by atoms with Gasteiger partial charge in [0.05, 0.1) is 6.04 Å². The van der Waals surface area contributed by atoms with Crippen LogP contribution in [0.3, 0.4) is 0 Å². The Labute approximate surface area is 188 Å². The third-order valence-corrected chi connectivity index (χ3v) is 5.19. The molecule has 0 aliphatic rings. The second-order valence-corrected chi connectivity index (χ2v) is 8.18. The van der Waals surface area contributed by atoms with Gasteiger partial charge in [0.2, 0.25) is 17.7 Å². The number of carbonyl (C=O) groups is 4. The van der Waals surface area contributed by atoms with Crippen molar-refractivity contribution in [2.45, 2.75) is 63.1 Å². The maximum Gasteiger partial charge on any atom is 0.322 e. The molecule has 31 heavy (non-hydrogen) atoms. The minimum atomic E-state index is -1.18. The maximum absolute atomic E-state index is 12.9. The van der Waals surface area contributed by atoms with Crippen LogP contribution in [0, 0.1) is 0 Å². The molecule has 0 saturated carbocycles. The summed E-state index contributed by atoms with van der Waals surface area (Å²) in [5, 5.41) is 16.3. The summed E-state index contributed by atoms with van der Waals surface area (Å²) < 4.78 is 0. The minimum absolute atomic E-state index is 0.320. The summed E-state index contributed by atoms with van der Waals surface area (Å²) in [6.45, 7) is 0.424. The number of carbonyl (C=O) groups excluding carboxylic acids is 3. The van der Waals surface area contributed by atoms with E-state index in [1.165, 1.54) is 11.8 Å². The number of aliphatic carboxylic acids is 1. The molecule has 0 spiro atoms. The first-order valence-corrected chi connectivity index (χ1v) is 11.9. The Hall–Kier alpha value is -1.89. The van der Waals surface area contributed by atoms with Gasteiger partial charge in [0.15, 0.2) is 0 Å². The van der Waals surface area contributed by atoms with E-state index in [4.69, 9.17) is 22.3 Å². The van der Waals surface area contributed by atoms with Crippen LogP contribution in [0.2, 0.25) is 0 Å². The molecular weight excluding hydrogens is 424 g/mol. The van der Waals surface area contributed by atoms with Crippen molar-refractivity contribution in [3.05, 3.63) is 0 Å². The molecule has 0 rings (SSSR count). The highest BCUT2D eigenvalue weighted by molar-refractivity contribution is 7.98. The molecule has 3 unspecified atom stereocenters. The summed E-state index contributed by atoms with van der Waals surface area (Å²) >= 11 is 1.49. The molecule has 0 heterocycles. The molecule has 3 atom stereocenters. The van der Waals surface area contributed by atoms with E-state index in [0.717, 1.165) is 6.42 Å². The van der Waals surface area contributed by atoms with Crippen molar-refractivity contribution in [1.82, 2.24) is 16.0 Å². The highest BCUT2D eigenvalue weighted by Gasteiger charge is 2.27. The Kier molecular flexibility index (Phi) is 16.7. The van der Waals surface area contributed by atoms with E-state index in [1.54, 1.807) is 0 Å². The molecule has 3 amide bonds. The third-order valence-electron chi connectivity index (χ3n) is 4.54. The van der Waals surface area contributed by atoms with Crippen molar-refractivity contribution in [3.8, 4) is 0 Å². The molecule has 0 aliphatic heterocycles. The van der Waals surface area contributed by atoms with Crippen LogP contribution in [-0.2, 0) is 19.2 Å². The smallest absolute Gasteiger partial charge is 0.322 e.